The summed E-state index contributed by atoms with van der Waals surface area (Å²) in [5, 5.41) is 6.68. The highest BCUT2D eigenvalue weighted by Crippen LogP contribution is 2.33. The maximum absolute atomic E-state index is 13.2. The minimum Gasteiger partial charge on any atom is -0.366 e. The van der Waals surface area contributed by atoms with Crippen molar-refractivity contribution in [2.24, 2.45) is 0 Å². The third kappa shape index (κ3) is 4.42. The fourth-order valence-corrected chi connectivity index (χ4v) is 2.40. The normalized spacial score (nSPS) is 11.8. The summed E-state index contributed by atoms with van der Waals surface area (Å²) in [5.41, 5.74) is -0.525. The molecule has 1 N–H and O–H groups in total. The standard InChI is InChI=1S/C18H16F4N4O/c1-10(2)16-25-17(27-26-16)11-5-6-23-15(7-11)24-9-12-3-4-13(19)8-14(12)18(20,21)22/h3-8,10H,9H2,1-2H3,(H,23,24). The molecule has 0 aliphatic carbocycles. The van der Waals surface area contributed by atoms with Crippen molar-refractivity contribution >= 4 is 5.82 Å². The van der Waals surface area contributed by atoms with Crippen molar-refractivity contribution < 1.29 is 22.1 Å². The highest BCUT2D eigenvalue weighted by molar-refractivity contribution is 5.58. The van der Waals surface area contributed by atoms with E-state index in [-0.39, 0.29) is 18.0 Å². The highest BCUT2D eigenvalue weighted by Gasteiger charge is 2.33. The third-order valence-corrected chi connectivity index (χ3v) is 3.80. The van der Waals surface area contributed by atoms with Crippen LogP contribution in [-0.2, 0) is 12.7 Å². The molecule has 0 atom stereocenters. The van der Waals surface area contributed by atoms with Gasteiger partial charge >= 0.3 is 6.18 Å². The van der Waals surface area contributed by atoms with Crippen LogP contribution in [0.5, 0.6) is 0 Å². The van der Waals surface area contributed by atoms with Crippen molar-refractivity contribution in [2.75, 3.05) is 5.32 Å². The first-order valence-corrected chi connectivity index (χ1v) is 8.13. The van der Waals surface area contributed by atoms with Crippen LogP contribution in [0.3, 0.4) is 0 Å². The van der Waals surface area contributed by atoms with Crippen LogP contribution in [0.1, 0.15) is 36.7 Å². The van der Waals surface area contributed by atoms with Gasteiger partial charge in [0.15, 0.2) is 5.82 Å². The van der Waals surface area contributed by atoms with Crippen LogP contribution in [0.25, 0.3) is 11.5 Å². The van der Waals surface area contributed by atoms with E-state index >= 15 is 0 Å². The lowest BCUT2D eigenvalue weighted by Gasteiger charge is -2.14. The number of nitrogens with one attached hydrogen (secondary N) is 1. The molecule has 5 nitrogen and oxygen atoms in total. The van der Waals surface area contributed by atoms with Crippen LogP contribution >= 0.6 is 0 Å². The first-order valence-electron chi connectivity index (χ1n) is 8.13. The summed E-state index contributed by atoms with van der Waals surface area (Å²) in [6.07, 6.45) is -3.17. The molecule has 0 aliphatic rings. The van der Waals surface area contributed by atoms with Crippen LogP contribution in [-0.4, -0.2) is 15.1 Å². The van der Waals surface area contributed by atoms with Gasteiger partial charge in [0, 0.05) is 24.2 Å². The Balaban J connectivity index is 1.80. The Morgan fingerprint density at radius 2 is 1.93 bits per heavy atom. The summed E-state index contributed by atoms with van der Waals surface area (Å²) in [4.78, 5) is 8.35. The van der Waals surface area contributed by atoms with E-state index in [1.165, 1.54) is 6.20 Å². The highest BCUT2D eigenvalue weighted by atomic mass is 19.4. The molecule has 2 heterocycles. The maximum atomic E-state index is 13.2. The fraction of sp³-hybridized carbons (Fsp3) is 0.278. The molecule has 0 unspecified atom stereocenters. The molecule has 0 bridgehead atoms. The Labute approximate surface area is 152 Å². The number of pyridine rings is 1. The van der Waals surface area contributed by atoms with Crippen LogP contribution < -0.4 is 5.32 Å². The van der Waals surface area contributed by atoms with Crippen LogP contribution in [0.2, 0.25) is 0 Å². The second kappa shape index (κ2) is 7.34. The average Bonchev–Trinajstić information content (AvgIpc) is 3.10. The van der Waals surface area contributed by atoms with E-state index < -0.39 is 17.6 Å². The monoisotopic (exact) mass is 380 g/mol. The summed E-state index contributed by atoms with van der Waals surface area (Å²) < 4.78 is 57.6. The first kappa shape index (κ1) is 18.8. The molecule has 142 valence electrons. The number of halogens is 4. The smallest absolute Gasteiger partial charge is 0.366 e. The quantitative estimate of drug-likeness (QED) is 0.630. The number of nitrogens with zero attached hydrogens (tertiary/aromatic N) is 3. The van der Waals surface area contributed by atoms with E-state index in [1.54, 1.807) is 12.1 Å². The zero-order chi connectivity index (χ0) is 19.6. The van der Waals surface area contributed by atoms with E-state index in [4.69, 9.17) is 4.52 Å². The van der Waals surface area contributed by atoms with Crippen molar-refractivity contribution in [2.45, 2.75) is 32.5 Å². The van der Waals surface area contributed by atoms with Crippen molar-refractivity contribution in [1.29, 1.82) is 0 Å². The molecule has 0 spiro atoms. The molecule has 1 aromatic carbocycles. The first-order chi connectivity index (χ1) is 12.7. The van der Waals surface area contributed by atoms with Gasteiger partial charge in [-0.25, -0.2) is 9.37 Å². The molecule has 3 rings (SSSR count). The molecule has 0 saturated carbocycles. The van der Waals surface area contributed by atoms with Gasteiger partial charge < -0.3 is 9.84 Å². The van der Waals surface area contributed by atoms with Crippen molar-refractivity contribution in [1.82, 2.24) is 15.1 Å². The van der Waals surface area contributed by atoms with Gasteiger partial charge in [0.2, 0.25) is 0 Å². The van der Waals surface area contributed by atoms with Crippen molar-refractivity contribution in [3.8, 4) is 11.5 Å². The molecule has 0 saturated heterocycles. The summed E-state index contributed by atoms with van der Waals surface area (Å²) in [7, 11) is 0. The average molecular weight is 380 g/mol. The molecular formula is C18H16F4N4O. The fourth-order valence-electron chi connectivity index (χ4n) is 2.40. The number of anilines is 1. The number of benzene rings is 1. The minimum atomic E-state index is -4.65. The van der Waals surface area contributed by atoms with Gasteiger partial charge in [-0.1, -0.05) is 25.1 Å². The summed E-state index contributed by atoms with van der Waals surface area (Å²) in [6, 6.07) is 5.81. The van der Waals surface area contributed by atoms with Crippen molar-refractivity contribution in [3.63, 3.8) is 0 Å². The predicted molar refractivity (Wildman–Crippen MR) is 90.3 cm³/mol. The predicted octanol–water partition coefficient (Wildman–Crippen LogP) is 5.03. The Hall–Kier alpha value is -2.97. The van der Waals surface area contributed by atoms with Gasteiger partial charge in [0.05, 0.1) is 5.56 Å². The van der Waals surface area contributed by atoms with Gasteiger partial charge in [-0.3, -0.25) is 0 Å². The molecule has 2 aromatic heterocycles. The Bertz CT molecular complexity index is 937. The molecule has 3 aromatic rings. The molecular weight excluding hydrogens is 364 g/mol. The van der Waals surface area contributed by atoms with Gasteiger partial charge in [-0.2, -0.15) is 18.2 Å². The van der Waals surface area contributed by atoms with E-state index in [0.717, 1.165) is 12.1 Å². The van der Waals surface area contributed by atoms with E-state index in [9.17, 15) is 17.6 Å². The van der Waals surface area contributed by atoms with E-state index in [1.807, 2.05) is 13.8 Å². The van der Waals surface area contributed by atoms with Crippen LogP contribution in [0, 0.1) is 5.82 Å². The number of hydrogen-bond donors (Lipinski definition) is 1. The second-order valence-corrected chi connectivity index (χ2v) is 6.19. The number of alkyl halides is 3. The van der Waals surface area contributed by atoms with E-state index in [0.29, 0.717) is 29.2 Å². The zero-order valence-electron chi connectivity index (χ0n) is 14.5. The second-order valence-electron chi connectivity index (χ2n) is 6.19. The molecule has 0 aliphatic heterocycles. The maximum Gasteiger partial charge on any atom is 0.416 e. The summed E-state index contributed by atoms with van der Waals surface area (Å²) in [5.74, 6) is 0.332. The Kier molecular flexibility index (Phi) is 5.11. The lowest BCUT2D eigenvalue weighted by molar-refractivity contribution is -0.138. The Morgan fingerprint density at radius 3 is 2.59 bits per heavy atom. The number of aromatic nitrogens is 3. The zero-order valence-corrected chi connectivity index (χ0v) is 14.5. The summed E-state index contributed by atoms with van der Waals surface area (Å²) in [6.45, 7) is 3.68. The number of rotatable bonds is 5. The minimum absolute atomic E-state index is 0.0870. The van der Waals surface area contributed by atoms with Crippen molar-refractivity contribution in [3.05, 3.63) is 59.3 Å². The van der Waals surface area contributed by atoms with Gasteiger partial charge in [0.1, 0.15) is 11.6 Å². The molecule has 0 amide bonds. The molecule has 9 heteroatoms. The molecule has 0 fully saturated rings. The molecule has 27 heavy (non-hydrogen) atoms. The SMILES string of the molecule is CC(C)c1noc(-c2ccnc(NCc3ccc(F)cc3C(F)(F)F)c2)n1. The molecule has 0 radical (unpaired) electrons. The summed E-state index contributed by atoms with van der Waals surface area (Å²) >= 11 is 0. The van der Waals surface area contributed by atoms with Gasteiger partial charge in [-0.15, -0.1) is 0 Å². The van der Waals surface area contributed by atoms with Gasteiger partial charge in [-0.05, 0) is 29.8 Å². The third-order valence-electron chi connectivity index (χ3n) is 3.80. The number of hydrogen-bond acceptors (Lipinski definition) is 5. The lowest BCUT2D eigenvalue weighted by Crippen LogP contribution is -2.12. The Morgan fingerprint density at radius 1 is 1.15 bits per heavy atom. The van der Waals surface area contributed by atoms with Crippen LogP contribution in [0.15, 0.2) is 41.1 Å². The van der Waals surface area contributed by atoms with Crippen LogP contribution in [0.4, 0.5) is 23.4 Å². The van der Waals surface area contributed by atoms with E-state index in [2.05, 4.69) is 20.4 Å². The van der Waals surface area contributed by atoms with Gasteiger partial charge in [0.25, 0.3) is 5.89 Å². The largest absolute Gasteiger partial charge is 0.416 e. The lowest BCUT2D eigenvalue weighted by atomic mass is 10.1. The topological polar surface area (TPSA) is 63.8 Å².